The van der Waals surface area contributed by atoms with Gasteiger partial charge in [-0.25, -0.2) is 0 Å². The highest BCUT2D eigenvalue weighted by Gasteiger charge is 2.17. The Kier molecular flexibility index (Phi) is 1.73. The second-order valence-corrected chi connectivity index (χ2v) is 3.04. The van der Waals surface area contributed by atoms with E-state index in [0.717, 1.165) is 17.3 Å². The van der Waals surface area contributed by atoms with Crippen molar-refractivity contribution in [2.24, 2.45) is 0 Å². The second kappa shape index (κ2) is 2.19. The normalized spacial score (nSPS) is 29.6. The van der Waals surface area contributed by atoms with Gasteiger partial charge in [-0.2, -0.15) is 0 Å². The molecule has 0 aliphatic heterocycles. The van der Waals surface area contributed by atoms with Crippen LogP contribution in [0.5, 0.6) is 0 Å². The van der Waals surface area contributed by atoms with E-state index in [1.807, 2.05) is 6.92 Å². The Hall–Kier alpha value is 0.180. The van der Waals surface area contributed by atoms with Gasteiger partial charge < -0.3 is 5.11 Å². The summed E-state index contributed by atoms with van der Waals surface area (Å²) >= 11 is 3.30. The average Bonchev–Trinajstić information content (AvgIpc) is 1.98. The summed E-state index contributed by atoms with van der Waals surface area (Å²) in [5.74, 6) is 0. The van der Waals surface area contributed by atoms with Crippen LogP contribution < -0.4 is 0 Å². The van der Waals surface area contributed by atoms with Crippen molar-refractivity contribution in [2.75, 3.05) is 0 Å². The first-order chi connectivity index (χ1) is 3.72. The van der Waals surface area contributed by atoms with Crippen LogP contribution in [0.1, 0.15) is 19.8 Å². The predicted octanol–water partition coefficient (Wildman–Crippen LogP) is 1.81. The first-order valence-corrected chi connectivity index (χ1v) is 3.54. The molecule has 0 aromatic rings. The van der Waals surface area contributed by atoms with E-state index in [0.29, 0.717) is 0 Å². The largest absolute Gasteiger partial charge is 0.388 e. The molecule has 0 fully saturated rings. The summed E-state index contributed by atoms with van der Waals surface area (Å²) in [6, 6.07) is 0. The third-order valence-corrected chi connectivity index (χ3v) is 2.70. The van der Waals surface area contributed by atoms with Gasteiger partial charge in [-0.1, -0.05) is 21.5 Å². The monoisotopic (exact) mass is 176 g/mol. The first-order valence-electron chi connectivity index (χ1n) is 2.75. The van der Waals surface area contributed by atoms with Crippen molar-refractivity contribution >= 4 is 15.9 Å². The van der Waals surface area contributed by atoms with Crippen LogP contribution in [0, 0.1) is 0 Å². The Morgan fingerprint density at radius 3 is 2.50 bits per heavy atom. The van der Waals surface area contributed by atoms with Gasteiger partial charge >= 0.3 is 0 Å². The van der Waals surface area contributed by atoms with Crippen LogP contribution in [0.4, 0.5) is 0 Å². The van der Waals surface area contributed by atoms with E-state index in [9.17, 15) is 0 Å². The lowest BCUT2D eigenvalue weighted by Gasteiger charge is -1.97. The minimum absolute atomic E-state index is 0.213. The fourth-order valence-corrected chi connectivity index (χ4v) is 1.31. The summed E-state index contributed by atoms with van der Waals surface area (Å²) in [6.07, 6.45) is 1.73. The average molecular weight is 177 g/mol. The lowest BCUT2D eigenvalue weighted by Crippen LogP contribution is -1.98. The maximum Gasteiger partial charge on any atom is 0.0857 e. The van der Waals surface area contributed by atoms with Gasteiger partial charge in [0.15, 0.2) is 0 Å². The molecule has 0 heterocycles. The van der Waals surface area contributed by atoms with Crippen molar-refractivity contribution in [3.8, 4) is 0 Å². The summed E-state index contributed by atoms with van der Waals surface area (Å²) in [7, 11) is 0. The van der Waals surface area contributed by atoms with Crippen molar-refractivity contribution in [1.82, 2.24) is 0 Å². The maximum atomic E-state index is 9.06. The van der Waals surface area contributed by atoms with Crippen LogP contribution in [0.25, 0.3) is 0 Å². The molecule has 1 unspecified atom stereocenters. The van der Waals surface area contributed by atoms with Crippen molar-refractivity contribution in [2.45, 2.75) is 25.9 Å². The molecule has 0 spiro atoms. The van der Waals surface area contributed by atoms with E-state index < -0.39 is 0 Å². The standard InChI is InChI=1S/C6H9BrO/c1-4-2-3-5(8)6(4)7/h5,8H,2-3H2,1H3. The van der Waals surface area contributed by atoms with Crippen molar-refractivity contribution in [3.63, 3.8) is 0 Å². The van der Waals surface area contributed by atoms with Gasteiger partial charge in [0.25, 0.3) is 0 Å². The predicted molar refractivity (Wildman–Crippen MR) is 36.9 cm³/mol. The van der Waals surface area contributed by atoms with Gasteiger partial charge in [0.2, 0.25) is 0 Å². The molecule has 1 aliphatic carbocycles. The van der Waals surface area contributed by atoms with Crippen molar-refractivity contribution in [3.05, 3.63) is 10.1 Å². The molecule has 0 saturated carbocycles. The van der Waals surface area contributed by atoms with Gasteiger partial charge in [-0.3, -0.25) is 0 Å². The maximum absolute atomic E-state index is 9.06. The zero-order chi connectivity index (χ0) is 6.15. The van der Waals surface area contributed by atoms with Crippen LogP contribution in [0.15, 0.2) is 10.1 Å². The number of hydrogen-bond donors (Lipinski definition) is 1. The fraction of sp³-hybridized carbons (Fsp3) is 0.667. The molecule has 0 aromatic heterocycles. The van der Waals surface area contributed by atoms with Crippen LogP contribution in [0.2, 0.25) is 0 Å². The molecule has 1 nitrogen and oxygen atoms in total. The third kappa shape index (κ3) is 0.955. The lowest BCUT2D eigenvalue weighted by molar-refractivity contribution is 0.220. The zero-order valence-electron chi connectivity index (χ0n) is 4.82. The van der Waals surface area contributed by atoms with E-state index in [4.69, 9.17) is 5.11 Å². The summed E-state index contributed by atoms with van der Waals surface area (Å²) in [6.45, 7) is 2.04. The fourth-order valence-electron chi connectivity index (χ4n) is 0.884. The quantitative estimate of drug-likeness (QED) is 0.598. The topological polar surface area (TPSA) is 20.2 Å². The summed E-state index contributed by atoms with van der Waals surface area (Å²) < 4.78 is 0.998. The molecule has 0 amide bonds. The Balaban J connectivity index is 2.71. The van der Waals surface area contributed by atoms with Crippen LogP contribution in [-0.2, 0) is 0 Å². The van der Waals surface area contributed by atoms with E-state index in [2.05, 4.69) is 15.9 Å². The Labute approximate surface area is 57.5 Å². The number of aliphatic hydroxyl groups is 1. The number of allylic oxidation sites excluding steroid dienone is 1. The second-order valence-electron chi connectivity index (χ2n) is 2.18. The molecule has 0 aromatic carbocycles. The summed E-state index contributed by atoms with van der Waals surface area (Å²) in [5.41, 5.74) is 1.29. The minimum atomic E-state index is -0.213. The van der Waals surface area contributed by atoms with Gasteiger partial charge in [-0.15, -0.1) is 0 Å². The van der Waals surface area contributed by atoms with Gasteiger partial charge in [0.1, 0.15) is 0 Å². The Morgan fingerprint density at radius 1 is 1.75 bits per heavy atom. The number of hydrogen-bond acceptors (Lipinski definition) is 1. The van der Waals surface area contributed by atoms with E-state index in [1.165, 1.54) is 5.57 Å². The third-order valence-electron chi connectivity index (χ3n) is 1.49. The Morgan fingerprint density at radius 2 is 2.38 bits per heavy atom. The molecule has 0 bridgehead atoms. The van der Waals surface area contributed by atoms with Crippen molar-refractivity contribution in [1.29, 1.82) is 0 Å². The van der Waals surface area contributed by atoms with E-state index in [-0.39, 0.29) is 6.10 Å². The van der Waals surface area contributed by atoms with Gasteiger partial charge in [-0.05, 0) is 19.8 Å². The summed E-state index contributed by atoms with van der Waals surface area (Å²) in [5, 5.41) is 9.06. The van der Waals surface area contributed by atoms with Crippen LogP contribution in [-0.4, -0.2) is 11.2 Å². The Bertz CT molecular complexity index is 128. The molecule has 0 radical (unpaired) electrons. The number of rotatable bonds is 0. The van der Waals surface area contributed by atoms with Gasteiger partial charge in [0, 0.05) is 4.48 Å². The molecule has 1 N–H and O–H groups in total. The minimum Gasteiger partial charge on any atom is -0.388 e. The van der Waals surface area contributed by atoms with Crippen LogP contribution >= 0.6 is 15.9 Å². The zero-order valence-corrected chi connectivity index (χ0v) is 6.40. The molecule has 46 valence electrons. The molecule has 1 aliphatic rings. The van der Waals surface area contributed by atoms with E-state index >= 15 is 0 Å². The summed E-state index contributed by atoms with van der Waals surface area (Å²) in [4.78, 5) is 0. The van der Waals surface area contributed by atoms with E-state index in [1.54, 1.807) is 0 Å². The molecule has 2 heteroatoms. The molecule has 0 saturated heterocycles. The molecular formula is C6H9BrO. The number of aliphatic hydroxyl groups excluding tert-OH is 1. The first kappa shape index (κ1) is 6.30. The SMILES string of the molecule is CC1=C(Br)C(O)CC1. The lowest BCUT2D eigenvalue weighted by atomic mass is 10.3. The molecule has 8 heavy (non-hydrogen) atoms. The molecule has 1 rings (SSSR count). The van der Waals surface area contributed by atoms with Gasteiger partial charge in [0.05, 0.1) is 6.10 Å². The van der Waals surface area contributed by atoms with Crippen LogP contribution in [0.3, 0.4) is 0 Å². The number of halogens is 1. The molecular weight excluding hydrogens is 168 g/mol. The smallest absolute Gasteiger partial charge is 0.0857 e. The highest BCUT2D eigenvalue weighted by molar-refractivity contribution is 9.11. The highest BCUT2D eigenvalue weighted by Crippen LogP contribution is 2.29. The highest BCUT2D eigenvalue weighted by atomic mass is 79.9. The van der Waals surface area contributed by atoms with Crippen molar-refractivity contribution < 1.29 is 5.11 Å². The molecule has 1 atom stereocenters.